The van der Waals surface area contributed by atoms with E-state index in [2.05, 4.69) is 276 Å². The van der Waals surface area contributed by atoms with Gasteiger partial charge in [0, 0.05) is 38.6 Å². The van der Waals surface area contributed by atoms with Gasteiger partial charge in [-0.05, 0) is 125 Å². The summed E-state index contributed by atoms with van der Waals surface area (Å²) in [6.45, 7) is 0. The maximum absolute atomic E-state index is 2.45. The molecule has 0 atom stereocenters. The molecule has 14 rings (SSSR count). The molecule has 2 nitrogen and oxygen atoms in total. The lowest BCUT2D eigenvalue weighted by Crippen LogP contribution is -2.10. The fourth-order valence-electron chi connectivity index (χ4n) is 11.4. The number of para-hydroxylation sites is 1. The molecule has 13 aromatic carbocycles. The van der Waals surface area contributed by atoms with Gasteiger partial charge in [-0.1, -0.05) is 218 Å². The number of nitrogens with zero attached hydrogens (tertiary/aromatic N) is 2. The molecule has 70 heavy (non-hydrogen) atoms. The van der Waals surface area contributed by atoms with Crippen molar-refractivity contribution in [2.24, 2.45) is 0 Å². The Balaban J connectivity index is 0.943. The van der Waals surface area contributed by atoms with E-state index >= 15 is 0 Å². The van der Waals surface area contributed by atoms with Gasteiger partial charge in [-0.25, -0.2) is 0 Å². The second kappa shape index (κ2) is 16.2. The van der Waals surface area contributed by atoms with E-state index in [9.17, 15) is 0 Å². The van der Waals surface area contributed by atoms with E-state index in [1.54, 1.807) is 0 Å². The van der Waals surface area contributed by atoms with Gasteiger partial charge in [0.15, 0.2) is 0 Å². The van der Waals surface area contributed by atoms with Crippen molar-refractivity contribution in [3.05, 3.63) is 267 Å². The lowest BCUT2D eigenvalue weighted by Gasteiger charge is -2.28. The summed E-state index contributed by atoms with van der Waals surface area (Å²) in [6.07, 6.45) is 0. The van der Waals surface area contributed by atoms with Gasteiger partial charge in [-0.15, -0.1) is 0 Å². The summed E-state index contributed by atoms with van der Waals surface area (Å²) in [5, 5.41) is 14.9. The Morgan fingerprint density at radius 1 is 0.257 bits per heavy atom. The van der Waals surface area contributed by atoms with E-state index in [4.69, 9.17) is 0 Å². The van der Waals surface area contributed by atoms with Crippen molar-refractivity contribution in [2.75, 3.05) is 4.90 Å². The molecule has 0 aliphatic rings. The fourth-order valence-corrected chi connectivity index (χ4v) is 11.4. The second-order valence-corrected chi connectivity index (χ2v) is 18.4. The smallest absolute Gasteiger partial charge is 0.0619 e. The molecule has 0 amide bonds. The zero-order chi connectivity index (χ0) is 46.1. The molecule has 0 aliphatic carbocycles. The van der Waals surface area contributed by atoms with Crippen LogP contribution in [0.25, 0.3) is 115 Å². The Morgan fingerprint density at radius 2 is 0.714 bits per heavy atom. The topological polar surface area (TPSA) is 8.17 Å². The van der Waals surface area contributed by atoms with Gasteiger partial charge in [-0.3, -0.25) is 0 Å². The minimum Gasteiger partial charge on any atom is -0.310 e. The van der Waals surface area contributed by atoms with Crippen LogP contribution in [0.3, 0.4) is 0 Å². The normalized spacial score (nSPS) is 11.7. The molecule has 0 saturated heterocycles. The van der Waals surface area contributed by atoms with Crippen molar-refractivity contribution in [1.82, 2.24) is 4.57 Å². The van der Waals surface area contributed by atoms with Crippen molar-refractivity contribution in [1.29, 1.82) is 0 Å². The van der Waals surface area contributed by atoms with Crippen LogP contribution in [0.15, 0.2) is 267 Å². The molecule has 14 aromatic rings. The molecular formula is C68H44N2. The van der Waals surface area contributed by atoms with Crippen LogP contribution in [0.2, 0.25) is 0 Å². The van der Waals surface area contributed by atoms with Crippen molar-refractivity contribution in [3.63, 3.8) is 0 Å². The first-order valence-electron chi connectivity index (χ1n) is 24.2. The van der Waals surface area contributed by atoms with Crippen LogP contribution in [-0.4, -0.2) is 4.57 Å². The highest BCUT2D eigenvalue weighted by Gasteiger charge is 2.22. The van der Waals surface area contributed by atoms with Crippen LogP contribution >= 0.6 is 0 Å². The lowest BCUT2D eigenvalue weighted by atomic mass is 9.85. The highest BCUT2D eigenvalue weighted by Crippen LogP contribution is 2.47. The van der Waals surface area contributed by atoms with E-state index in [1.165, 1.54) is 103 Å². The SMILES string of the molecule is c1ccc(-c2c(-c3ccc(N(c4ccc(-c5ccc6c7ccc8ccccc8c7n(-c7ccccc7)c6c5)cc4)c4cc5ccccc5c5ccccc45)cc3)c3ccccc3c3ccccc23)cc1. The van der Waals surface area contributed by atoms with Gasteiger partial charge in [0.2, 0.25) is 0 Å². The third-order valence-corrected chi connectivity index (χ3v) is 14.5. The molecule has 0 spiro atoms. The molecule has 2 heteroatoms. The summed E-state index contributed by atoms with van der Waals surface area (Å²) in [7, 11) is 0. The van der Waals surface area contributed by atoms with Crippen molar-refractivity contribution in [3.8, 4) is 39.1 Å². The number of rotatable bonds is 7. The molecule has 0 radical (unpaired) electrons. The lowest BCUT2D eigenvalue weighted by molar-refractivity contribution is 1.19. The second-order valence-electron chi connectivity index (χ2n) is 18.4. The number of aromatic nitrogens is 1. The fraction of sp³-hybridized carbons (Fsp3) is 0. The molecular weight excluding hydrogens is 845 g/mol. The summed E-state index contributed by atoms with van der Waals surface area (Å²) in [4.78, 5) is 2.44. The highest BCUT2D eigenvalue weighted by atomic mass is 15.1. The molecule has 1 aromatic heterocycles. The molecule has 0 saturated carbocycles. The molecule has 0 bridgehead atoms. The van der Waals surface area contributed by atoms with Gasteiger partial charge < -0.3 is 9.47 Å². The Kier molecular flexibility index (Phi) is 9.25. The molecule has 326 valence electrons. The summed E-state index contributed by atoms with van der Waals surface area (Å²) < 4.78 is 2.45. The highest BCUT2D eigenvalue weighted by molar-refractivity contribution is 6.22. The van der Waals surface area contributed by atoms with Crippen molar-refractivity contribution < 1.29 is 0 Å². The molecule has 0 unspecified atom stereocenters. The van der Waals surface area contributed by atoms with E-state index < -0.39 is 0 Å². The quantitative estimate of drug-likeness (QED) is 0.145. The van der Waals surface area contributed by atoms with Gasteiger partial charge in [0.05, 0.1) is 16.7 Å². The van der Waals surface area contributed by atoms with E-state index in [0.29, 0.717) is 0 Å². The maximum Gasteiger partial charge on any atom is 0.0619 e. The van der Waals surface area contributed by atoms with Gasteiger partial charge in [0.25, 0.3) is 0 Å². The average molecular weight is 889 g/mol. The van der Waals surface area contributed by atoms with E-state index in [-0.39, 0.29) is 0 Å². The molecule has 0 aliphatic heterocycles. The number of benzene rings is 13. The van der Waals surface area contributed by atoms with Crippen LogP contribution in [0.5, 0.6) is 0 Å². The standard InChI is InChI=1S/C68H44N2/c1-3-18-47(19-4-1)66-61-29-15-12-26-57(61)58-27-13-16-30-62(58)67(66)48-33-39-53(40-34-48)69(64-44-50-20-8-9-23-54(50)56-25-11-14-28-59(56)64)52-37-31-45(32-38-52)49-36-41-60-63-42-35-46-17-7-10-24-55(46)68(63)70(65(60)43-49)51-21-5-2-6-22-51/h1-44H. The van der Waals surface area contributed by atoms with Gasteiger partial charge in [0.1, 0.15) is 0 Å². The Bertz CT molecular complexity index is 4320. The van der Waals surface area contributed by atoms with Crippen LogP contribution in [-0.2, 0) is 0 Å². The maximum atomic E-state index is 2.45. The van der Waals surface area contributed by atoms with Crippen LogP contribution in [0.4, 0.5) is 17.1 Å². The monoisotopic (exact) mass is 888 g/mol. The van der Waals surface area contributed by atoms with Crippen LogP contribution in [0, 0.1) is 0 Å². The zero-order valence-corrected chi connectivity index (χ0v) is 38.3. The summed E-state index contributed by atoms with van der Waals surface area (Å²) in [5.74, 6) is 0. The molecule has 0 N–H and O–H groups in total. The Morgan fingerprint density at radius 3 is 1.36 bits per heavy atom. The zero-order valence-electron chi connectivity index (χ0n) is 38.3. The predicted octanol–water partition coefficient (Wildman–Crippen LogP) is 19.0. The third-order valence-electron chi connectivity index (χ3n) is 14.5. The minimum atomic E-state index is 1.09. The largest absolute Gasteiger partial charge is 0.310 e. The third kappa shape index (κ3) is 6.35. The van der Waals surface area contributed by atoms with Crippen LogP contribution < -0.4 is 4.90 Å². The number of fused-ring (bicyclic) bond motifs is 11. The summed E-state index contributed by atoms with van der Waals surface area (Å²) in [5.41, 5.74) is 14.1. The summed E-state index contributed by atoms with van der Waals surface area (Å²) in [6, 6.07) is 98.1. The minimum absolute atomic E-state index is 1.09. The molecule has 0 fully saturated rings. The molecule has 1 heterocycles. The Labute approximate surface area is 406 Å². The van der Waals surface area contributed by atoms with Crippen molar-refractivity contribution in [2.45, 2.75) is 0 Å². The van der Waals surface area contributed by atoms with Crippen LogP contribution in [0.1, 0.15) is 0 Å². The van der Waals surface area contributed by atoms with Gasteiger partial charge >= 0.3 is 0 Å². The first kappa shape index (κ1) is 39.9. The first-order chi connectivity index (χ1) is 34.7. The number of hydrogen-bond donors (Lipinski definition) is 0. The summed E-state index contributed by atoms with van der Waals surface area (Å²) >= 11 is 0. The Hall–Kier alpha value is -9.24. The average Bonchev–Trinajstić information content (AvgIpc) is 3.78. The van der Waals surface area contributed by atoms with E-state index in [0.717, 1.165) is 28.3 Å². The number of hydrogen-bond acceptors (Lipinski definition) is 1. The van der Waals surface area contributed by atoms with E-state index in [1.807, 2.05) is 0 Å². The number of anilines is 3. The first-order valence-corrected chi connectivity index (χ1v) is 24.2. The van der Waals surface area contributed by atoms with Crippen molar-refractivity contribution >= 4 is 92.7 Å². The predicted molar refractivity (Wildman–Crippen MR) is 299 cm³/mol. The van der Waals surface area contributed by atoms with Gasteiger partial charge in [-0.2, -0.15) is 0 Å².